The number of rotatable bonds is 8. The summed E-state index contributed by atoms with van der Waals surface area (Å²) in [6, 6.07) is 7.93. The number of hydrogen-bond acceptors (Lipinski definition) is 5. The van der Waals surface area contributed by atoms with Crippen LogP contribution in [0.5, 0.6) is 5.75 Å². The molecule has 0 aliphatic carbocycles. The van der Waals surface area contributed by atoms with Gasteiger partial charge in [0, 0.05) is 45.2 Å². The van der Waals surface area contributed by atoms with Crippen LogP contribution in [0.3, 0.4) is 0 Å². The number of aryl methyl sites for hydroxylation is 1. The topological polar surface area (TPSA) is 74.2 Å². The quantitative estimate of drug-likeness (QED) is 0.510. The van der Waals surface area contributed by atoms with E-state index in [1.807, 2.05) is 43.1 Å². The van der Waals surface area contributed by atoms with Gasteiger partial charge in [-0.05, 0) is 19.1 Å². The molecular weight excluding hydrogens is 384 g/mol. The van der Waals surface area contributed by atoms with Crippen molar-refractivity contribution in [2.45, 2.75) is 6.92 Å². The molecule has 0 bridgehead atoms. The van der Waals surface area contributed by atoms with Crippen molar-refractivity contribution in [2.24, 2.45) is 4.99 Å². The van der Waals surface area contributed by atoms with Gasteiger partial charge in [-0.1, -0.05) is 17.7 Å². The molecule has 1 aromatic rings. The predicted octanol–water partition coefficient (Wildman–Crippen LogP) is 1.26. The van der Waals surface area contributed by atoms with Gasteiger partial charge in [-0.3, -0.25) is 4.99 Å². The van der Waals surface area contributed by atoms with Crippen LogP contribution < -0.4 is 10.1 Å². The van der Waals surface area contributed by atoms with Crippen molar-refractivity contribution in [1.29, 1.82) is 0 Å². The van der Waals surface area contributed by atoms with E-state index in [-0.39, 0.29) is 5.75 Å². The van der Waals surface area contributed by atoms with Crippen LogP contribution in [0.15, 0.2) is 29.3 Å². The summed E-state index contributed by atoms with van der Waals surface area (Å²) < 4.78 is 32.1. The van der Waals surface area contributed by atoms with E-state index in [0.29, 0.717) is 38.7 Å². The number of nitrogens with zero attached hydrogens (tertiary/aromatic N) is 3. The van der Waals surface area contributed by atoms with Crippen LogP contribution in [0.1, 0.15) is 5.56 Å². The molecule has 0 aromatic heterocycles. The molecule has 9 heteroatoms. The number of thioether (sulfide) groups is 1. The Morgan fingerprint density at radius 1 is 1.30 bits per heavy atom. The first-order valence-electron chi connectivity index (χ1n) is 9.09. The number of benzene rings is 1. The second-order valence-corrected chi connectivity index (χ2v) is 9.70. The molecule has 0 unspecified atom stereocenters. The number of hydrogen-bond donors (Lipinski definition) is 1. The van der Waals surface area contributed by atoms with Crippen molar-refractivity contribution < 1.29 is 13.2 Å². The molecule has 1 N–H and O–H groups in total. The molecule has 1 aliphatic heterocycles. The van der Waals surface area contributed by atoms with Gasteiger partial charge in [0.1, 0.15) is 12.4 Å². The number of aliphatic imine (C=N–C) groups is 1. The third kappa shape index (κ3) is 7.23. The molecule has 1 aliphatic rings. The van der Waals surface area contributed by atoms with E-state index in [2.05, 4.69) is 10.3 Å². The predicted molar refractivity (Wildman–Crippen MR) is 113 cm³/mol. The van der Waals surface area contributed by atoms with E-state index < -0.39 is 10.0 Å². The van der Waals surface area contributed by atoms with Gasteiger partial charge >= 0.3 is 0 Å². The molecule has 0 radical (unpaired) electrons. The van der Waals surface area contributed by atoms with Crippen LogP contribution in [-0.4, -0.2) is 87.7 Å². The molecule has 1 fully saturated rings. The zero-order valence-corrected chi connectivity index (χ0v) is 18.0. The molecule has 7 nitrogen and oxygen atoms in total. The first-order chi connectivity index (χ1) is 12.9. The Morgan fingerprint density at radius 2 is 1.96 bits per heavy atom. The third-order valence-corrected chi connectivity index (χ3v) is 7.11. The van der Waals surface area contributed by atoms with Crippen LogP contribution in [0.4, 0.5) is 0 Å². The second kappa shape index (κ2) is 10.8. The molecule has 1 heterocycles. The fraction of sp³-hybridized carbons (Fsp3) is 0.611. The standard InChI is InChI=1S/C18H30N4O3S2/c1-16-4-6-17(7-5-16)25-12-9-21(3)18(19-2)20-8-15-27(23,24)22-10-13-26-14-11-22/h4-7H,8-15H2,1-3H3,(H,19,20). The first kappa shape index (κ1) is 21.8. The van der Waals surface area contributed by atoms with Gasteiger partial charge in [-0.15, -0.1) is 0 Å². The van der Waals surface area contributed by atoms with Crippen LogP contribution in [0.25, 0.3) is 0 Å². The summed E-state index contributed by atoms with van der Waals surface area (Å²) in [7, 11) is 0.387. The van der Waals surface area contributed by atoms with E-state index in [4.69, 9.17) is 4.74 Å². The molecule has 0 spiro atoms. The van der Waals surface area contributed by atoms with Crippen LogP contribution in [0, 0.1) is 6.92 Å². The van der Waals surface area contributed by atoms with Gasteiger partial charge in [-0.25, -0.2) is 12.7 Å². The Labute approximate surface area is 167 Å². The van der Waals surface area contributed by atoms with E-state index >= 15 is 0 Å². The van der Waals surface area contributed by atoms with Gasteiger partial charge in [0.05, 0.1) is 12.3 Å². The molecular formula is C18H30N4O3S2. The highest BCUT2D eigenvalue weighted by Crippen LogP contribution is 2.13. The van der Waals surface area contributed by atoms with E-state index in [9.17, 15) is 8.42 Å². The molecule has 1 saturated heterocycles. The van der Waals surface area contributed by atoms with Gasteiger partial charge in [-0.2, -0.15) is 11.8 Å². The Hall–Kier alpha value is -1.45. The molecule has 152 valence electrons. The van der Waals surface area contributed by atoms with Crippen LogP contribution >= 0.6 is 11.8 Å². The Bertz CT molecular complexity index is 702. The fourth-order valence-corrected chi connectivity index (χ4v) is 5.16. The summed E-state index contributed by atoms with van der Waals surface area (Å²) in [4.78, 5) is 6.15. The number of likely N-dealkylation sites (N-methyl/N-ethyl adjacent to an activating group) is 1. The summed E-state index contributed by atoms with van der Waals surface area (Å²) in [5, 5.41) is 3.13. The van der Waals surface area contributed by atoms with Crippen molar-refractivity contribution in [3.05, 3.63) is 29.8 Å². The van der Waals surface area contributed by atoms with Crippen molar-refractivity contribution in [2.75, 3.05) is 64.1 Å². The van der Waals surface area contributed by atoms with Crippen LogP contribution in [0.2, 0.25) is 0 Å². The smallest absolute Gasteiger partial charge is 0.215 e. The summed E-state index contributed by atoms with van der Waals surface area (Å²) in [6.45, 7) is 4.75. The maximum Gasteiger partial charge on any atom is 0.215 e. The van der Waals surface area contributed by atoms with Gasteiger partial charge in [0.25, 0.3) is 0 Å². The largest absolute Gasteiger partial charge is 0.492 e. The molecule has 0 atom stereocenters. The molecule has 27 heavy (non-hydrogen) atoms. The van der Waals surface area contributed by atoms with Crippen LogP contribution in [-0.2, 0) is 10.0 Å². The summed E-state index contributed by atoms with van der Waals surface area (Å²) in [5.41, 5.74) is 1.20. The number of ether oxygens (including phenoxy) is 1. The summed E-state index contributed by atoms with van der Waals surface area (Å²) in [5.74, 6) is 3.31. The highest BCUT2D eigenvalue weighted by Gasteiger charge is 2.23. The van der Waals surface area contributed by atoms with Crippen molar-refractivity contribution in [1.82, 2.24) is 14.5 Å². The average molecular weight is 415 g/mol. The number of nitrogens with one attached hydrogen (secondary N) is 1. The Kier molecular flexibility index (Phi) is 8.72. The zero-order chi connectivity index (χ0) is 19.7. The lowest BCUT2D eigenvalue weighted by Crippen LogP contribution is -2.45. The number of sulfonamides is 1. The molecule has 0 saturated carbocycles. The van der Waals surface area contributed by atoms with Crippen molar-refractivity contribution >= 4 is 27.7 Å². The second-order valence-electron chi connectivity index (χ2n) is 6.38. The minimum absolute atomic E-state index is 0.0738. The highest BCUT2D eigenvalue weighted by atomic mass is 32.2. The number of guanidine groups is 1. The fourth-order valence-electron chi connectivity index (χ4n) is 2.67. The van der Waals surface area contributed by atoms with Crippen molar-refractivity contribution in [3.8, 4) is 5.75 Å². The lowest BCUT2D eigenvalue weighted by molar-refractivity contribution is 0.281. The average Bonchev–Trinajstić information content (AvgIpc) is 2.67. The molecule has 2 rings (SSSR count). The zero-order valence-electron chi connectivity index (χ0n) is 16.3. The third-order valence-electron chi connectivity index (χ3n) is 4.30. The maximum atomic E-state index is 12.4. The van der Waals surface area contributed by atoms with Gasteiger partial charge in [0.15, 0.2) is 5.96 Å². The van der Waals surface area contributed by atoms with Gasteiger partial charge < -0.3 is 15.0 Å². The highest BCUT2D eigenvalue weighted by molar-refractivity contribution is 7.99. The lowest BCUT2D eigenvalue weighted by atomic mass is 10.2. The minimum Gasteiger partial charge on any atom is -0.492 e. The van der Waals surface area contributed by atoms with Crippen molar-refractivity contribution in [3.63, 3.8) is 0 Å². The van der Waals surface area contributed by atoms with E-state index in [0.717, 1.165) is 17.3 Å². The van der Waals surface area contributed by atoms with E-state index in [1.165, 1.54) is 5.56 Å². The molecule has 1 aromatic carbocycles. The monoisotopic (exact) mass is 414 g/mol. The Balaban J connectivity index is 1.72. The maximum absolute atomic E-state index is 12.4. The summed E-state index contributed by atoms with van der Waals surface area (Å²) in [6.07, 6.45) is 0. The summed E-state index contributed by atoms with van der Waals surface area (Å²) >= 11 is 1.80. The first-order valence-corrected chi connectivity index (χ1v) is 11.9. The molecule has 0 amide bonds. The van der Waals surface area contributed by atoms with Gasteiger partial charge in [0.2, 0.25) is 10.0 Å². The van der Waals surface area contributed by atoms with E-state index in [1.54, 1.807) is 23.1 Å². The SMILES string of the molecule is CN=C(NCCS(=O)(=O)N1CCSCC1)N(C)CCOc1ccc(C)cc1. The lowest BCUT2D eigenvalue weighted by Gasteiger charge is -2.26. The Morgan fingerprint density at radius 3 is 2.59 bits per heavy atom. The minimum atomic E-state index is -3.21. The normalized spacial score (nSPS) is 16.2.